The van der Waals surface area contributed by atoms with Crippen LogP contribution in [-0.2, 0) is 0 Å². The van der Waals surface area contributed by atoms with Crippen molar-refractivity contribution in [3.05, 3.63) is 29.8 Å². The second-order valence-corrected chi connectivity index (χ2v) is 9.59. The topological polar surface area (TPSA) is 0 Å². The molecule has 0 aliphatic carbocycles. The van der Waals surface area contributed by atoms with Crippen LogP contribution in [0, 0.1) is 11.3 Å². The van der Waals surface area contributed by atoms with Crippen LogP contribution in [0.4, 0.5) is 0 Å². The molecule has 0 aromatic heterocycles. The van der Waals surface area contributed by atoms with Gasteiger partial charge in [-0.1, -0.05) is 56.2 Å². The van der Waals surface area contributed by atoms with Crippen molar-refractivity contribution < 1.29 is 0 Å². The van der Waals surface area contributed by atoms with E-state index in [1.807, 2.05) is 0 Å². The van der Waals surface area contributed by atoms with Gasteiger partial charge in [0.15, 0.2) is 0 Å². The van der Waals surface area contributed by atoms with E-state index in [0.717, 1.165) is 5.56 Å². The second kappa shape index (κ2) is 6.13. The largest absolute Gasteiger partial charge is 0.0859 e. The lowest BCUT2D eigenvalue weighted by molar-refractivity contribution is 1.19. The van der Waals surface area contributed by atoms with Crippen molar-refractivity contribution in [2.75, 3.05) is 0 Å². The lowest BCUT2D eigenvalue weighted by Crippen LogP contribution is -2.45. The first kappa shape index (κ1) is 13.4. The molecule has 0 unspecified atom stereocenters. The van der Waals surface area contributed by atoms with Gasteiger partial charge in [0.05, 0.1) is 8.07 Å². The van der Waals surface area contributed by atoms with Gasteiger partial charge in [-0.3, -0.25) is 0 Å². The normalized spacial score (nSPS) is 10.8. The smallest absolute Gasteiger partial charge is 0.0675 e. The first-order chi connectivity index (χ1) is 7.72. The van der Waals surface area contributed by atoms with E-state index in [-0.39, 0.29) is 0 Å². The molecule has 0 amide bonds. The van der Waals surface area contributed by atoms with Crippen LogP contribution in [-0.4, -0.2) is 8.07 Å². The molecule has 0 atom stereocenters. The van der Waals surface area contributed by atoms with Crippen molar-refractivity contribution in [1.29, 1.82) is 0 Å². The van der Waals surface area contributed by atoms with Crippen molar-refractivity contribution in [2.24, 2.45) is 0 Å². The Balaban J connectivity index is 3.06. The van der Waals surface area contributed by atoms with Gasteiger partial charge in [-0.05, 0) is 29.7 Å². The van der Waals surface area contributed by atoms with Gasteiger partial charge in [0.2, 0.25) is 0 Å². The first-order valence-corrected chi connectivity index (χ1v) is 8.94. The second-order valence-electron chi connectivity index (χ2n) is 4.14. The highest BCUT2D eigenvalue weighted by Crippen LogP contribution is 2.20. The maximum absolute atomic E-state index is 5.40. The molecule has 0 aliphatic rings. The zero-order valence-electron chi connectivity index (χ0n) is 10.3. The number of hydrogen-bond donors (Lipinski definition) is 0. The fraction of sp³-hybridized carbons (Fsp3) is 0.429. The van der Waals surface area contributed by atoms with E-state index in [0.29, 0.717) is 0 Å². The summed E-state index contributed by atoms with van der Waals surface area (Å²) in [6.07, 6.45) is 0. The Morgan fingerprint density at radius 1 is 1.00 bits per heavy atom. The molecule has 0 nitrogen and oxygen atoms in total. The van der Waals surface area contributed by atoms with Gasteiger partial charge in [0.1, 0.15) is 0 Å². The highest BCUT2D eigenvalue weighted by molar-refractivity contribution is 6.91. The molecule has 0 aliphatic heterocycles. The molecule has 0 saturated carbocycles. The first-order valence-electron chi connectivity index (χ1n) is 5.94. The van der Waals surface area contributed by atoms with Crippen LogP contribution in [0.3, 0.4) is 0 Å². The standard InChI is InChI=1S/C14H19ClSi/c1-4-16(5-2,6-3)14-9-7-13(8-10-14)11-12-15/h7-10H,4-6H2,1-3H3. The number of hydrogen-bond acceptors (Lipinski definition) is 0. The quantitative estimate of drug-likeness (QED) is 0.561. The molecule has 1 aromatic carbocycles. The molecule has 16 heavy (non-hydrogen) atoms. The lowest BCUT2D eigenvalue weighted by Gasteiger charge is -2.28. The van der Waals surface area contributed by atoms with Gasteiger partial charge in [-0.25, -0.2) is 0 Å². The number of benzene rings is 1. The van der Waals surface area contributed by atoms with Crippen LogP contribution in [0.25, 0.3) is 0 Å². The highest BCUT2D eigenvalue weighted by atomic mass is 35.5. The average molecular weight is 251 g/mol. The summed E-state index contributed by atoms with van der Waals surface area (Å²) < 4.78 is 0. The van der Waals surface area contributed by atoms with Crippen LogP contribution in [0.15, 0.2) is 24.3 Å². The van der Waals surface area contributed by atoms with E-state index in [2.05, 4.69) is 56.3 Å². The third-order valence-electron chi connectivity index (χ3n) is 3.72. The van der Waals surface area contributed by atoms with Crippen molar-refractivity contribution in [3.63, 3.8) is 0 Å². The minimum atomic E-state index is -1.22. The summed E-state index contributed by atoms with van der Waals surface area (Å²) in [4.78, 5) is 0. The third kappa shape index (κ3) is 2.69. The maximum atomic E-state index is 5.40. The maximum Gasteiger partial charge on any atom is 0.0859 e. The lowest BCUT2D eigenvalue weighted by atomic mass is 10.2. The van der Waals surface area contributed by atoms with Crippen molar-refractivity contribution in [2.45, 2.75) is 38.9 Å². The summed E-state index contributed by atoms with van der Waals surface area (Å²) >= 11 is 5.40. The van der Waals surface area contributed by atoms with Gasteiger partial charge in [-0.2, -0.15) is 0 Å². The molecular formula is C14H19ClSi. The van der Waals surface area contributed by atoms with Crippen LogP contribution in [0.2, 0.25) is 18.1 Å². The monoisotopic (exact) mass is 250 g/mol. The van der Waals surface area contributed by atoms with E-state index >= 15 is 0 Å². The fourth-order valence-electron chi connectivity index (χ4n) is 2.32. The van der Waals surface area contributed by atoms with E-state index in [1.54, 1.807) is 5.19 Å². The molecule has 1 aromatic rings. The zero-order chi connectivity index (χ0) is 12.0. The predicted octanol–water partition coefficient (Wildman–Crippen LogP) is 3.95. The van der Waals surface area contributed by atoms with E-state index in [1.165, 1.54) is 18.1 Å². The SMILES string of the molecule is CC[Si](CC)(CC)c1ccc(C#CCl)cc1. The fourth-order valence-corrected chi connectivity index (χ4v) is 6.03. The molecule has 0 spiro atoms. The Kier molecular flexibility index (Phi) is 5.11. The molecule has 0 bridgehead atoms. The highest BCUT2D eigenvalue weighted by Gasteiger charge is 2.28. The van der Waals surface area contributed by atoms with Crippen molar-refractivity contribution >= 4 is 24.9 Å². The third-order valence-corrected chi connectivity index (χ3v) is 9.43. The average Bonchev–Trinajstić information content (AvgIpc) is 2.34. The summed E-state index contributed by atoms with van der Waals surface area (Å²) in [6, 6.07) is 12.6. The molecule has 2 heteroatoms. The Labute approximate surface area is 105 Å². The molecule has 1 rings (SSSR count). The Morgan fingerprint density at radius 3 is 1.88 bits per heavy atom. The summed E-state index contributed by atoms with van der Waals surface area (Å²) in [5.74, 6) is 2.87. The predicted molar refractivity (Wildman–Crippen MR) is 76.0 cm³/mol. The van der Waals surface area contributed by atoms with Gasteiger partial charge in [-0.15, -0.1) is 0 Å². The Morgan fingerprint density at radius 2 is 1.50 bits per heavy atom. The Hall–Kier alpha value is -0.713. The van der Waals surface area contributed by atoms with Gasteiger partial charge in [0.25, 0.3) is 0 Å². The Bertz CT molecular complexity index is 371. The molecule has 0 radical (unpaired) electrons. The number of rotatable bonds is 4. The summed E-state index contributed by atoms with van der Waals surface area (Å²) in [6.45, 7) is 6.98. The minimum Gasteiger partial charge on any atom is -0.0675 e. The molecular weight excluding hydrogens is 232 g/mol. The van der Waals surface area contributed by atoms with Crippen LogP contribution >= 0.6 is 11.6 Å². The molecule has 0 saturated heterocycles. The van der Waals surface area contributed by atoms with Crippen LogP contribution in [0.5, 0.6) is 0 Å². The number of halogens is 1. The van der Waals surface area contributed by atoms with Gasteiger partial charge in [0, 0.05) is 10.9 Å². The minimum absolute atomic E-state index is 1.00. The van der Waals surface area contributed by atoms with Gasteiger partial charge < -0.3 is 0 Å². The van der Waals surface area contributed by atoms with Crippen LogP contribution < -0.4 is 5.19 Å². The summed E-state index contributed by atoms with van der Waals surface area (Å²) in [5, 5.41) is 3.97. The molecule has 86 valence electrons. The molecule has 0 heterocycles. The summed E-state index contributed by atoms with van der Waals surface area (Å²) in [5.41, 5.74) is 1.00. The van der Waals surface area contributed by atoms with Crippen molar-refractivity contribution in [3.8, 4) is 11.3 Å². The van der Waals surface area contributed by atoms with Gasteiger partial charge >= 0.3 is 0 Å². The zero-order valence-corrected chi connectivity index (χ0v) is 12.1. The summed E-state index contributed by atoms with van der Waals surface area (Å²) in [7, 11) is -1.22. The molecule has 0 fully saturated rings. The molecule has 0 N–H and O–H groups in total. The van der Waals surface area contributed by atoms with Crippen molar-refractivity contribution in [1.82, 2.24) is 0 Å². The van der Waals surface area contributed by atoms with E-state index in [4.69, 9.17) is 11.6 Å². The van der Waals surface area contributed by atoms with E-state index < -0.39 is 8.07 Å². The van der Waals surface area contributed by atoms with Crippen LogP contribution in [0.1, 0.15) is 26.3 Å². The van der Waals surface area contributed by atoms with E-state index in [9.17, 15) is 0 Å².